The van der Waals surface area contributed by atoms with Crippen LogP contribution in [0.4, 0.5) is 17.1 Å². The Morgan fingerprint density at radius 3 is 2.56 bits per heavy atom. The standard InChI is InChI=1S/C21H17N3O3/c1-27-15-10-8-14(9-11-15)22-19(25)12-18-21(26)24-17-7-3-5-13-4-2-6-16(23-18)20(13)17/h2-11H,12H2,1H3,(H,22,25)(H,24,26). The van der Waals surface area contributed by atoms with Gasteiger partial charge in [0.1, 0.15) is 11.5 Å². The van der Waals surface area contributed by atoms with Crippen LogP contribution in [0.3, 0.4) is 0 Å². The van der Waals surface area contributed by atoms with E-state index in [-0.39, 0.29) is 23.9 Å². The number of carbonyl (C=O) groups is 2. The Kier molecular flexibility index (Phi) is 4.30. The molecule has 27 heavy (non-hydrogen) atoms. The van der Waals surface area contributed by atoms with Crippen molar-refractivity contribution >= 4 is 45.4 Å². The zero-order valence-electron chi connectivity index (χ0n) is 14.7. The molecule has 0 aromatic heterocycles. The van der Waals surface area contributed by atoms with Crippen molar-refractivity contribution in [1.29, 1.82) is 0 Å². The zero-order valence-corrected chi connectivity index (χ0v) is 14.7. The number of aliphatic imine (C=N–C) groups is 1. The maximum Gasteiger partial charge on any atom is 0.270 e. The second-order valence-corrected chi connectivity index (χ2v) is 6.15. The highest BCUT2D eigenvalue weighted by Gasteiger charge is 2.21. The van der Waals surface area contributed by atoms with Crippen LogP contribution in [0.2, 0.25) is 0 Å². The van der Waals surface area contributed by atoms with Gasteiger partial charge in [0.25, 0.3) is 5.91 Å². The fourth-order valence-electron chi connectivity index (χ4n) is 3.06. The summed E-state index contributed by atoms with van der Waals surface area (Å²) in [5.41, 5.74) is 2.17. The number of hydrogen-bond donors (Lipinski definition) is 2. The Bertz CT molecular complexity index is 1070. The summed E-state index contributed by atoms with van der Waals surface area (Å²) in [7, 11) is 1.58. The van der Waals surface area contributed by atoms with Crippen molar-refractivity contribution in [1.82, 2.24) is 0 Å². The van der Waals surface area contributed by atoms with Crippen LogP contribution in [0.25, 0.3) is 10.8 Å². The van der Waals surface area contributed by atoms with Gasteiger partial charge in [0, 0.05) is 11.1 Å². The van der Waals surface area contributed by atoms with E-state index in [0.29, 0.717) is 22.8 Å². The molecule has 1 heterocycles. The largest absolute Gasteiger partial charge is 0.497 e. The Labute approximate surface area is 155 Å². The van der Waals surface area contributed by atoms with E-state index in [2.05, 4.69) is 15.6 Å². The van der Waals surface area contributed by atoms with E-state index in [9.17, 15) is 9.59 Å². The van der Waals surface area contributed by atoms with Crippen LogP contribution in [0, 0.1) is 0 Å². The zero-order chi connectivity index (χ0) is 18.8. The van der Waals surface area contributed by atoms with Crippen molar-refractivity contribution in [3.05, 3.63) is 60.7 Å². The molecule has 0 fully saturated rings. The summed E-state index contributed by atoms with van der Waals surface area (Å²) in [5.74, 6) is 0.0159. The van der Waals surface area contributed by atoms with Crippen molar-refractivity contribution in [2.24, 2.45) is 4.99 Å². The van der Waals surface area contributed by atoms with Gasteiger partial charge < -0.3 is 15.4 Å². The third-order valence-corrected chi connectivity index (χ3v) is 4.35. The number of carbonyl (C=O) groups excluding carboxylic acids is 2. The van der Waals surface area contributed by atoms with E-state index in [4.69, 9.17) is 4.74 Å². The topological polar surface area (TPSA) is 79.8 Å². The minimum Gasteiger partial charge on any atom is -0.497 e. The smallest absolute Gasteiger partial charge is 0.270 e. The Morgan fingerprint density at radius 2 is 1.81 bits per heavy atom. The average molecular weight is 359 g/mol. The number of amides is 2. The summed E-state index contributed by atoms with van der Waals surface area (Å²) >= 11 is 0. The SMILES string of the molecule is COc1ccc(NC(=O)CC2=Nc3cccc4cccc(c34)NC2=O)cc1. The van der Waals surface area contributed by atoms with E-state index in [0.717, 1.165) is 10.8 Å². The Hall–Kier alpha value is -3.67. The molecule has 2 amide bonds. The van der Waals surface area contributed by atoms with Gasteiger partial charge in [-0.25, -0.2) is 4.99 Å². The lowest BCUT2D eigenvalue weighted by molar-refractivity contribution is -0.116. The molecule has 0 saturated heterocycles. The highest BCUT2D eigenvalue weighted by molar-refractivity contribution is 6.47. The van der Waals surface area contributed by atoms with Gasteiger partial charge in [-0.1, -0.05) is 24.3 Å². The Balaban J connectivity index is 1.58. The lowest BCUT2D eigenvalue weighted by Gasteiger charge is -2.08. The number of benzene rings is 3. The van der Waals surface area contributed by atoms with Crippen LogP contribution < -0.4 is 15.4 Å². The normalized spacial score (nSPS) is 12.8. The van der Waals surface area contributed by atoms with Crippen molar-refractivity contribution in [3.8, 4) is 5.75 Å². The maximum absolute atomic E-state index is 12.6. The average Bonchev–Trinajstić information content (AvgIpc) is 2.81. The molecule has 0 atom stereocenters. The van der Waals surface area contributed by atoms with Crippen LogP contribution in [0.1, 0.15) is 6.42 Å². The molecule has 0 spiro atoms. The summed E-state index contributed by atoms with van der Waals surface area (Å²) in [6.45, 7) is 0. The molecule has 0 radical (unpaired) electrons. The molecule has 0 saturated carbocycles. The van der Waals surface area contributed by atoms with Crippen molar-refractivity contribution in [3.63, 3.8) is 0 Å². The van der Waals surface area contributed by atoms with Gasteiger partial charge in [-0.15, -0.1) is 0 Å². The first-order chi connectivity index (χ1) is 13.1. The lowest BCUT2D eigenvalue weighted by atomic mass is 10.1. The molecule has 1 aliphatic heterocycles. The fourth-order valence-corrected chi connectivity index (χ4v) is 3.06. The third-order valence-electron chi connectivity index (χ3n) is 4.35. The highest BCUT2D eigenvalue weighted by atomic mass is 16.5. The summed E-state index contributed by atoms with van der Waals surface area (Å²) in [6, 6.07) is 18.3. The second kappa shape index (κ2) is 6.92. The molecule has 3 aromatic rings. The molecular formula is C21H17N3O3. The van der Waals surface area contributed by atoms with Crippen LogP contribution in [-0.2, 0) is 9.59 Å². The van der Waals surface area contributed by atoms with E-state index < -0.39 is 0 Å². The van der Waals surface area contributed by atoms with Gasteiger partial charge in [0.05, 0.1) is 24.9 Å². The number of methoxy groups -OCH3 is 1. The number of nitrogens with zero attached hydrogens (tertiary/aromatic N) is 1. The third kappa shape index (κ3) is 3.37. The molecule has 6 nitrogen and oxygen atoms in total. The highest BCUT2D eigenvalue weighted by Crippen LogP contribution is 2.34. The predicted octanol–water partition coefficient (Wildman–Crippen LogP) is 3.90. The predicted molar refractivity (Wildman–Crippen MR) is 106 cm³/mol. The van der Waals surface area contributed by atoms with E-state index >= 15 is 0 Å². The molecule has 0 unspecified atom stereocenters. The number of ether oxygens (including phenoxy) is 1. The lowest BCUT2D eigenvalue weighted by Crippen LogP contribution is -2.27. The first-order valence-corrected chi connectivity index (χ1v) is 8.48. The van der Waals surface area contributed by atoms with E-state index in [1.54, 1.807) is 31.4 Å². The summed E-state index contributed by atoms with van der Waals surface area (Å²) in [4.78, 5) is 29.4. The quantitative estimate of drug-likeness (QED) is 0.741. The summed E-state index contributed by atoms with van der Waals surface area (Å²) < 4.78 is 5.10. The summed E-state index contributed by atoms with van der Waals surface area (Å²) in [5, 5.41) is 7.49. The van der Waals surface area contributed by atoms with Gasteiger partial charge in [-0.2, -0.15) is 0 Å². The van der Waals surface area contributed by atoms with E-state index in [1.807, 2.05) is 36.4 Å². The fraction of sp³-hybridized carbons (Fsp3) is 0.0952. The van der Waals surface area contributed by atoms with Crippen LogP contribution in [0.15, 0.2) is 65.7 Å². The van der Waals surface area contributed by atoms with Crippen LogP contribution >= 0.6 is 0 Å². The first-order valence-electron chi connectivity index (χ1n) is 8.48. The first kappa shape index (κ1) is 16.8. The van der Waals surface area contributed by atoms with Gasteiger partial charge in [-0.3, -0.25) is 9.59 Å². The number of rotatable bonds is 4. The summed E-state index contributed by atoms with van der Waals surface area (Å²) in [6.07, 6.45) is -0.123. The van der Waals surface area contributed by atoms with Crippen molar-refractivity contribution in [2.45, 2.75) is 6.42 Å². The van der Waals surface area contributed by atoms with Gasteiger partial charge in [0.15, 0.2) is 0 Å². The minimum absolute atomic E-state index is 0.123. The molecule has 0 bridgehead atoms. The Morgan fingerprint density at radius 1 is 1.07 bits per heavy atom. The molecule has 1 aliphatic rings. The number of hydrogen-bond acceptors (Lipinski definition) is 4. The molecule has 0 aliphatic carbocycles. The van der Waals surface area contributed by atoms with Crippen molar-refractivity contribution in [2.75, 3.05) is 17.7 Å². The second-order valence-electron chi connectivity index (χ2n) is 6.15. The minimum atomic E-state index is -0.372. The van der Waals surface area contributed by atoms with Crippen molar-refractivity contribution < 1.29 is 14.3 Å². The van der Waals surface area contributed by atoms with Gasteiger partial charge in [-0.05, 0) is 41.8 Å². The number of anilines is 2. The molecule has 6 heteroatoms. The molecule has 134 valence electrons. The van der Waals surface area contributed by atoms with Crippen LogP contribution in [0.5, 0.6) is 5.75 Å². The maximum atomic E-state index is 12.6. The molecule has 3 aromatic carbocycles. The monoisotopic (exact) mass is 359 g/mol. The van der Waals surface area contributed by atoms with Gasteiger partial charge in [0.2, 0.25) is 5.91 Å². The molecular weight excluding hydrogens is 342 g/mol. The van der Waals surface area contributed by atoms with E-state index in [1.165, 1.54) is 0 Å². The van der Waals surface area contributed by atoms with Crippen LogP contribution in [-0.4, -0.2) is 24.6 Å². The molecule has 2 N–H and O–H groups in total. The van der Waals surface area contributed by atoms with Gasteiger partial charge >= 0.3 is 0 Å². The number of nitrogens with one attached hydrogen (secondary N) is 2. The molecule has 4 rings (SSSR count).